The molecule has 0 saturated carbocycles. The van der Waals surface area contributed by atoms with Crippen LogP contribution in [0.15, 0.2) is 30.3 Å². The van der Waals surface area contributed by atoms with Crippen LogP contribution in [0.3, 0.4) is 0 Å². The first-order valence-electron chi connectivity index (χ1n) is 10.1. The van der Waals surface area contributed by atoms with E-state index in [-0.39, 0.29) is 10.5 Å². The van der Waals surface area contributed by atoms with Gasteiger partial charge in [-0.2, -0.15) is 0 Å². The number of aryl methyl sites for hydroxylation is 1. The lowest BCUT2D eigenvalue weighted by molar-refractivity contribution is -0.119. The molecule has 1 aromatic carbocycles. The summed E-state index contributed by atoms with van der Waals surface area (Å²) < 4.78 is 6.29. The van der Waals surface area contributed by atoms with Gasteiger partial charge in [0.05, 0.1) is 0 Å². The van der Waals surface area contributed by atoms with Crippen LogP contribution in [0.5, 0.6) is 0 Å². The van der Waals surface area contributed by atoms with Crippen LogP contribution in [-0.2, 0) is 15.6 Å². The van der Waals surface area contributed by atoms with E-state index in [1.807, 2.05) is 0 Å². The number of ketones is 1. The Bertz CT molecular complexity index is 545. The molecule has 26 heavy (non-hydrogen) atoms. The first kappa shape index (κ1) is 23.1. The van der Waals surface area contributed by atoms with Gasteiger partial charge in [0.15, 0.2) is 8.32 Å². The van der Waals surface area contributed by atoms with E-state index in [4.69, 9.17) is 4.43 Å². The van der Waals surface area contributed by atoms with E-state index in [1.54, 1.807) is 6.92 Å². The van der Waals surface area contributed by atoms with Gasteiger partial charge in [0.25, 0.3) is 0 Å². The number of carbonyl (C=O) groups excluding carboxylic acids is 1. The third-order valence-electron chi connectivity index (χ3n) is 5.98. The quantitative estimate of drug-likeness (QED) is 0.314. The topological polar surface area (TPSA) is 26.3 Å². The smallest absolute Gasteiger partial charge is 0.191 e. The standard InChI is InChI=1S/C23H40O2Si/c1-20(24)19-23(5,17-15-21-13-9-8-10-14-21)16-11-12-18-25-26(6,7)22(2,3)4/h8-10,13-14H,11-12,15-19H2,1-7H3/t23-/m1/s1. The van der Waals surface area contributed by atoms with Crippen molar-refractivity contribution in [3.8, 4) is 0 Å². The highest BCUT2D eigenvalue weighted by atomic mass is 28.4. The molecule has 0 unspecified atom stereocenters. The predicted molar refractivity (Wildman–Crippen MR) is 115 cm³/mol. The van der Waals surface area contributed by atoms with Crippen molar-refractivity contribution >= 4 is 14.1 Å². The molecule has 0 aliphatic carbocycles. The lowest BCUT2D eigenvalue weighted by Gasteiger charge is -2.36. The average Bonchev–Trinajstić information content (AvgIpc) is 2.52. The number of hydrogen-bond acceptors (Lipinski definition) is 2. The summed E-state index contributed by atoms with van der Waals surface area (Å²) in [5.41, 5.74) is 1.46. The number of carbonyl (C=O) groups is 1. The predicted octanol–water partition coefficient (Wildman–Crippen LogP) is 6.80. The molecule has 0 fully saturated rings. The molecule has 0 aromatic heterocycles. The highest BCUT2D eigenvalue weighted by Gasteiger charge is 2.36. The zero-order chi connectivity index (χ0) is 19.8. The molecular weight excluding hydrogens is 336 g/mol. The van der Waals surface area contributed by atoms with Crippen LogP contribution >= 0.6 is 0 Å². The first-order chi connectivity index (χ1) is 12.0. The van der Waals surface area contributed by atoms with Crippen molar-refractivity contribution in [3.05, 3.63) is 35.9 Å². The fourth-order valence-corrected chi connectivity index (χ4v) is 4.28. The molecule has 0 amide bonds. The Morgan fingerprint density at radius 3 is 2.15 bits per heavy atom. The van der Waals surface area contributed by atoms with E-state index in [9.17, 15) is 4.79 Å². The molecule has 1 aromatic rings. The summed E-state index contributed by atoms with van der Waals surface area (Å²) in [7, 11) is -1.64. The van der Waals surface area contributed by atoms with E-state index >= 15 is 0 Å². The largest absolute Gasteiger partial charge is 0.417 e. The molecule has 0 heterocycles. The van der Waals surface area contributed by atoms with E-state index in [0.717, 1.165) is 38.7 Å². The van der Waals surface area contributed by atoms with Crippen LogP contribution in [0.1, 0.15) is 72.3 Å². The van der Waals surface area contributed by atoms with Crippen LogP contribution in [0.25, 0.3) is 0 Å². The third kappa shape index (κ3) is 8.18. The molecule has 148 valence electrons. The van der Waals surface area contributed by atoms with Crippen molar-refractivity contribution in [1.29, 1.82) is 0 Å². The fourth-order valence-electron chi connectivity index (χ4n) is 3.19. The van der Waals surface area contributed by atoms with Gasteiger partial charge in [-0.15, -0.1) is 0 Å². The van der Waals surface area contributed by atoms with E-state index in [2.05, 4.69) is 71.1 Å². The number of benzene rings is 1. The number of hydrogen-bond donors (Lipinski definition) is 0. The molecule has 1 atom stereocenters. The van der Waals surface area contributed by atoms with Gasteiger partial charge in [0.1, 0.15) is 5.78 Å². The molecule has 0 saturated heterocycles. The molecule has 0 aliphatic rings. The second-order valence-electron chi connectivity index (χ2n) is 9.74. The van der Waals surface area contributed by atoms with Gasteiger partial charge in [-0.1, -0.05) is 64.4 Å². The summed E-state index contributed by atoms with van der Waals surface area (Å²) in [6, 6.07) is 10.6. The van der Waals surface area contributed by atoms with Gasteiger partial charge < -0.3 is 9.22 Å². The van der Waals surface area contributed by atoms with Crippen LogP contribution in [-0.4, -0.2) is 20.7 Å². The van der Waals surface area contributed by atoms with Crippen LogP contribution in [0.2, 0.25) is 18.1 Å². The second-order valence-corrected chi connectivity index (χ2v) is 14.6. The van der Waals surface area contributed by atoms with Crippen LogP contribution < -0.4 is 0 Å². The van der Waals surface area contributed by atoms with Crippen molar-refractivity contribution in [2.75, 3.05) is 6.61 Å². The lowest BCUT2D eigenvalue weighted by Crippen LogP contribution is -2.41. The Morgan fingerprint density at radius 1 is 1.00 bits per heavy atom. The summed E-state index contributed by atoms with van der Waals surface area (Å²) in [5.74, 6) is 0.304. The Hall–Kier alpha value is -0.933. The Labute approximate surface area is 162 Å². The minimum absolute atomic E-state index is 0.0959. The molecule has 0 spiro atoms. The lowest BCUT2D eigenvalue weighted by atomic mass is 9.76. The highest BCUT2D eigenvalue weighted by molar-refractivity contribution is 6.74. The van der Waals surface area contributed by atoms with Gasteiger partial charge in [-0.05, 0) is 61.7 Å². The number of unbranched alkanes of at least 4 members (excludes halogenated alkanes) is 1. The van der Waals surface area contributed by atoms with Crippen LogP contribution in [0.4, 0.5) is 0 Å². The van der Waals surface area contributed by atoms with Crippen molar-refractivity contribution in [1.82, 2.24) is 0 Å². The average molecular weight is 377 g/mol. The summed E-state index contributed by atoms with van der Waals surface area (Å²) in [5, 5.41) is 0.270. The van der Waals surface area contributed by atoms with Crippen molar-refractivity contribution in [3.63, 3.8) is 0 Å². The van der Waals surface area contributed by atoms with Gasteiger partial charge >= 0.3 is 0 Å². The maximum Gasteiger partial charge on any atom is 0.191 e. The fraction of sp³-hybridized carbons (Fsp3) is 0.696. The Kier molecular flexibility index (Phi) is 8.75. The highest BCUT2D eigenvalue weighted by Crippen LogP contribution is 2.37. The Balaban J connectivity index is 2.48. The van der Waals surface area contributed by atoms with Gasteiger partial charge in [-0.3, -0.25) is 0 Å². The maximum atomic E-state index is 11.8. The summed E-state index contributed by atoms with van der Waals surface area (Å²) >= 11 is 0. The Morgan fingerprint density at radius 2 is 1.62 bits per heavy atom. The summed E-state index contributed by atoms with van der Waals surface area (Å²) in [6.45, 7) is 16.3. The van der Waals surface area contributed by atoms with E-state index in [0.29, 0.717) is 12.2 Å². The van der Waals surface area contributed by atoms with Crippen molar-refractivity contribution in [2.24, 2.45) is 5.41 Å². The van der Waals surface area contributed by atoms with E-state index in [1.165, 1.54) is 5.56 Å². The first-order valence-corrected chi connectivity index (χ1v) is 13.0. The van der Waals surface area contributed by atoms with Gasteiger partial charge in [0, 0.05) is 13.0 Å². The molecule has 0 aliphatic heterocycles. The molecule has 3 heteroatoms. The van der Waals surface area contributed by atoms with Crippen molar-refractivity contribution in [2.45, 2.75) is 91.3 Å². The number of Topliss-reactive ketones (excluding diaryl/α,β-unsaturated/α-hetero) is 1. The normalized spacial score (nSPS) is 14.9. The zero-order valence-electron chi connectivity index (χ0n) is 18.2. The van der Waals surface area contributed by atoms with E-state index < -0.39 is 8.32 Å². The molecular formula is C23H40O2Si. The second kappa shape index (κ2) is 9.84. The monoisotopic (exact) mass is 376 g/mol. The molecule has 0 N–H and O–H groups in total. The van der Waals surface area contributed by atoms with Gasteiger partial charge in [-0.25, -0.2) is 0 Å². The molecule has 1 rings (SSSR count). The minimum atomic E-state index is -1.64. The van der Waals surface area contributed by atoms with Crippen LogP contribution in [0, 0.1) is 5.41 Å². The third-order valence-corrected chi connectivity index (χ3v) is 10.5. The van der Waals surface area contributed by atoms with Gasteiger partial charge in [0.2, 0.25) is 0 Å². The minimum Gasteiger partial charge on any atom is -0.417 e. The summed E-state index contributed by atoms with van der Waals surface area (Å²) in [6.07, 6.45) is 6.12. The molecule has 0 radical (unpaired) electrons. The number of rotatable bonds is 11. The SMILES string of the molecule is CC(=O)C[C@](C)(CCCCO[Si](C)(C)C(C)(C)C)CCc1ccccc1. The van der Waals surface area contributed by atoms with Crippen molar-refractivity contribution < 1.29 is 9.22 Å². The zero-order valence-corrected chi connectivity index (χ0v) is 19.2. The molecule has 2 nitrogen and oxygen atoms in total. The summed E-state index contributed by atoms with van der Waals surface area (Å²) in [4.78, 5) is 11.8. The maximum absolute atomic E-state index is 11.8. The molecule has 0 bridgehead atoms.